The largest absolute Gasteiger partial charge is 0.249 e. The molecule has 1 heterocycles. The standard InChI is InChI=1S/C15H29N3/c1-5-7-9-10-12-18-14(11-8-6-2)15(13(3)4)16-17-18/h13H,5-12H2,1-4H3. The van der Waals surface area contributed by atoms with E-state index in [0.717, 1.165) is 13.0 Å². The van der Waals surface area contributed by atoms with Crippen molar-refractivity contribution in [2.45, 2.75) is 85.1 Å². The molecule has 0 unspecified atom stereocenters. The zero-order valence-electron chi connectivity index (χ0n) is 12.6. The third kappa shape index (κ3) is 4.43. The lowest BCUT2D eigenvalue weighted by atomic mass is 10.0. The van der Waals surface area contributed by atoms with Gasteiger partial charge in [0, 0.05) is 6.54 Å². The predicted octanol–water partition coefficient (Wildman–Crippen LogP) is 4.32. The third-order valence-electron chi connectivity index (χ3n) is 3.41. The number of rotatable bonds is 9. The van der Waals surface area contributed by atoms with E-state index in [2.05, 4.69) is 42.7 Å². The van der Waals surface area contributed by atoms with Crippen molar-refractivity contribution in [1.82, 2.24) is 15.0 Å². The van der Waals surface area contributed by atoms with Crippen LogP contribution in [0.4, 0.5) is 0 Å². The van der Waals surface area contributed by atoms with Gasteiger partial charge in [-0.05, 0) is 25.2 Å². The maximum Gasteiger partial charge on any atom is 0.0884 e. The second-order valence-corrected chi connectivity index (χ2v) is 5.46. The van der Waals surface area contributed by atoms with Crippen LogP contribution >= 0.6 is 0 Å². The van der Waals surface area contributed by atoms with Crippen LogP contribution < -0.4 is 0 Å². The molecule has 0 aliphatic heterocycles. The van der Waals surface area contributed by atoms with Gasteiger partial charge in [0.25, 0.3) is 0 Å². The molecule has 0 spiro atoms. The monoisotopic (exact) mass is 251 g/mol. The molecule has 0 radical (unpaired) electrons. The summed E-state index contributed by atoms with van der Waals surface area (Å²) in [5, 5.41) is 8.74. The highest BCUT2D eigenvalue weighted by Crippen LogP contribution is 2.19. The summed E-state index contributed by atoms with van der Waals surface area (Å²) in [6.07, 6.45) is 8.76. The van der Waals surface area contributed by atoms with E-state index < -0.39 is 0 Å². The summed E-state index contributed by atoms with van der Waals surface area (Å²) < 4.78 is 2.15. The lowest BCUT2D eigenvalue weighted by Gasteiger charge is -2.09. The van der Waals surface area contributed by atoms with Crippen molar-refractivity contribution in [2.75, 3.05) is 0 Å². The molecule has 18 heavy (non-hydrogen) atoms. The molecule has 0 saturated heterocycles. The molecular weight excluding hydrogens is 222 g/mol. The summed E-state index contributed by atoms with van der Waals surface area (Å²) in [5.41, 5.74) is 2.59. The smallest absolute Gasteiger partial charge is 0.0884 e. The second-order valence-electron chi connectivity index (χ2n) is 5.46. The number of nitrogens with zero attached hydrogens (tertiary/aromatic N) is 3. The van der Waals surface area contributed by atoms with Gasteiger partial charge in [-0.25, -0.2) is 4.68 Å². The minimum Gasteiger partial charge on any atom is -0.249 e. The van der Waals surface area contributed by atoms with E-state index in [1.54, 1.807) is 0 Å². The Balaban J connectivity index is 2.64. The maximum atomic E-state index is 4.38. The van der Waals surface area contributed by atoms with Crippen molar-refractivity contribution in [3.8, 4) is 0 Å². The van der Waals surface area contributed by atoms with Crippen LogP contribution in [0, 0.1) is 0 Å². The van der Waals surface area contributed by atoms with Gasteiger partial charge in [-0.3, -0.25) is 0 Å². The van der Waals surface area contributed by atoms with Gasteiger partial charge in [0.1, 0.15) is 0 Å². The van der Waals surface area contributed by atoms with Crippen molar-refractivity contribution < 1.29 is 0 Å². The zero-order valence-corrected chi connectivity index (χ0v) is 12.6. The molecule has 0 amide bonds. The number of aromatic nitrogens is 3. The molecule has 3 nitrogen and oxygen atoms in total. The molecule has 104 valence electrons. The minimum absolute atomic E-state index is 0.487. The highest BCUT2D eigenvalue weighted by atomic mass is 15.4. The molecule has 0 aliphatic carbocycles. The highest BCUT2D eigenvalue weighted by molar-refractivity contribution is 5.14. The molecule has 0 N–H and O–H groups in total. The number of hydrogen-bond donors (Lipinski definition) is 0. The first kappa shape index (κ1) is 15.2. The highest BCUT2D eigenvalue weighted by Gasteiger charge is 2.14. The lowest BCUT2D eigenvalue weighted by Crippen LogP contribution is -2.07. The van der Waals surface area contributed by atoms with Gasteiger partial charge in [-0.2, -0.15) is 0 Å². The van der Waals surface area contributed by atoms with Gasteiger partial charge >= 0.3 is 0 Å². The number of hydrogen-bond acceptors (Lipinski definition) is 2. The summed E-state index contributed by atoms with van der Waals surface area (Å²) >= 11 is 0. The van der Waals surface area contributed by atoms with E-state index in [4.69, 9.17) is 0 Å². The molecule has 1 aromatic heterocycles. The molecule has 0 aliphatic rings. The van der Waals surface area contributed by atoms with Crippen LogP contribution in [0.25, 0.3) is 0 Å². The van der Waals surface area contributed by atoms with E-state index in [1.807, 2.05) is 0 Å². The maximum absolute atomic E-state index is 4.38. The molecule has 0 fully saturated rings. The van der Waals surface area contributed by atoms with Crippen molar-refractivity contribution in [3.63, 3.8) is 0 Å². The summed E-state index contributed by atoms with van der Waals surface area (Å²) in [6.45, 7) is 9.95. The van der Waals surface area contributed by atoms with E-state index in [1.165, 1.54) is 49.9 Å². The summed E-state index contributed by atoms with van der Waals surface area (Å²) in [7, 11) is 0. The Morgan fingerprint density at radius 1 is 1.00 bits per heavy atom. The van der Waals surface area contributed by atoms with Crippen LogP contribution in [-0.4, -0.2) is 15.0 Å². The van der Waals surface area contributed by atoms with Crippen LogP contribution in [0.15, 0.2) is 0 Å². The van der Waals surface area contributed by atoms with E-state index in [9.17, 15) is 0 Å². The summed E-state index contributed by atoms with van der Waals surface area (Å²) in [5.74, 6) is 0.487. The van der Waals surface area contributed by atoms with Crippen LogP contribution in [0.1, 0.15) is 83.5 Å². The van der Waals surface area contributed by atoms with Gasteiger partial charge in [0.15, 0.2) is 0 Å². The van der Waals surface area contributed by atoms with Gasteiger partial charge in [0.2, 0.25) is 0 Å². The average Bonchev–Trinajstić information content (AvgIpc) is 2.75. The number of aryl methyl sites for hydroxylation is 1. The van der Waals surface area contributed by atoms with Crippen LogP contribution in [0.5, 0.6) is 0 Å². The van der Waals surface area contributed by atoms with Crippen molar-refractivity contribution in [3.05, 3.63) is 11.4 Å². The molecule has 0 bridgehead atoms. The fourth-order valence-electron chi connectivity index (χ4n) is 2.26. The Labute approximate surface area is 112 Å². The third-order valence-corrected chi connectivity index (χ3v) is 3.41. The summed E-state index contributed by atoms with van der Waals surface area (Å²) in [4.78, 5) is 0. The lowest BCUT2D eigenvalue weighted by molar-refractivity contribution is 0.508. The number of unbranched alkanes of at least 4 members (excludes halogenated alkanes) is 4. The topological polar surface area (TPSA) is 30.7 Å². The first-order chi connectivity index (χ1) is 8.70. The normalized spacial score (nSPS) is 11.4. The van der Waals surface area contributed by atoms with Gasteiger partial charge < -0.3 is 0 Å². The van der Waals surface area contributed by atoms with E-state index in [0.29, 0.717) is 5.92 Å². The molecule has 0 aromatic carbocycles. The zero-order chi connectivity index (χ0) is 13.4. The fraction of sp³-hybridized carbons (Fsp3) is 0.867. The van der Waals surface area contributed by atoms with Crippen LogP contribution in [-0.2, 0) is 13.0 Å². The fourth-order valence-corrected chi connectivity index (χ4v) is 2.26. The van der Waals surface area contributed by atoms with E-state index >= 15 is 0 Å². The molecule has 0 saturated carbocycles. The molecule has 1 aromatic rings. The Bertz CT molecular complexity index is 328. The first-order valence-corrected chi connectivity index (χ1v) is 7.62. The summed E-state index contributed by atoms with van der Waals surface area (Å²) in [6, 6.07) is 0. The molecule has 1 rings (SSSR count). The second kappa shape index (κ2) is 8.28. The quantitative estimate of drug-likeness (QED) is 0.612. The van der Waals surface area contributed by atoms with Crippen molar-refractivity contribution >= 4 is 0 Å². The minimum atomic E-state index is 0.487. The van der Waals surface area contributed by atoms with Gasteiger partial charge in [-0.15, -0.1) is 5.10 Å². The Morgan fingerprint density at radius 3 is 2.33 bits per heavy atom. The Hall–Kier alpha value is -0.860. The van der Waals surface area contributed by atoms with Crippen LogP contribution in [0.2, 0.25) is 0 Å². The Morgan fingerprint density at radius 2 is 1.72 bits per heavy atom. The van der Waals surface area contributed by atoms with Gasteiger partial charge in [-0.1, -0.05) is 58.6 Å². The van der Waals surface area contributed by atoms with Gasteiger partial charge in [0.05, 0.1) is 11.4 Å². The van der Waals surface area contributed by atoms with E-state index in [-0.39, 0.29) is 0 Å². The van der Waals surface area contributed by atoms with Crippen molar-refractivity contribution in [2.24, 2.45) is 0 Å². The molecular formula is C15H29N3. The molecule has 3 heteroatoms. The SMILES string of the molecule is CCCCCCn1nnc(C(C)C)c1CCCC. The predicted molar refractivity (Wildman–Crippen MR) is 76.9 cm³/mol. The molecule has 0 atom stereocenters. The average molecular weight is 251 g/mol. The van der Waals surface area contributed by atoms with Crippen LogP contribution in [0.3, 0.4) is 0 Å². The Kier molecular flexibility index (Phi) is 6.99. The first-order valence-electron chi connectivity index (χ1n) is 7.62. The van der Waals surface area contributed by atoms with Crippen molar-refractivity contribution in [1.29, 1.82) is 0 Å².